The molecule has 1 saturated heterocycles. The second-order valence-corrected chi connectivity index (χ2v) is 7.03. The van der Waals surface area contributed by atoms with Gasteiger partial charge in [0.2, 0.25) is 0 Å². The quantitative estimate of drug-likeness (QED) is 0.722. The van der Waals surface area contributed by atoms with E-state index in [0.717, 1.165) is 35.2 Å². The third-order valence-corrected chi connectivity index (χ3v) is 5.35. The summed E-state index contributed by atoms with van der Waals surface area (Å²) in [5.41, 5.74) is 4.74. The van der Waals surface area contributed by atoms with Crippen molar-refractivity contribution < 1.29 is 9.53 Å². The van der Waals surface area contributed by atoms with E-state index in [2.05, 4.69) is 27.1 Å². The maximum atomic E-state index is 12.2. The Kier molecular flexibility index (Phi) is 5.09. The third-order valence-electron chi connectivity index (χ3n) is 5.35. The van der Waals surface area contributed by atoms with Gasteiger partial charge in [-0.25, -0.2) is 14.8 Å². The summed E-state index contributed by atoms with van der Waals surface area (Å²) >= 11 is 0. The number of nitrogens with zero attached hydrogens (tertiary/aromatic N) is 5. The highest BCUT2D eigenvalue weighted by Gasteiger charge is 2.46. The van der Waals surface area contributed by atoms with Crippen LogP contribution in [0.3, 0.4) is 0 Å². The normalized spacial score (nSPS) is 20.5. The van der Waals surface area contributed by atoms with Crippen molar-refractivity contribution in [3.63, 3.8) is 0 Å². The molecule has 146 valence electrons. The van der Waals surface area contributed by atoms with Crippen molar-refractivity contribution in [3.05, 3.63) is 42.1 Å². The van der Waals surface area contributed by atoms with Crippen molar-refractivity contribution in [2.45, 2.75) is 38.3 Å². The summed E-state index contributed by atoms with van der Waals surface area (Å²) < 4.78 is 5.46. The molecule has 1 aromatic carbocycles. The van der Waals surface area contributed by atoms with Crippen LogP contribution < -0.4 is 4.90 Å². The van der Waals surface area contributed by atoms with Crippen LogP contribution in [0.1, 0.15) is 25.3 Å². The molecule has 7 nitrogen and oxygen atoms in total. The van der Waals surface area contributed by atoms with Gasteiger partial charge in [0.1, 0.15) is 6.10 Å². The number of nitriles is 1. The van der Waals surface area contributed by atoms with Gasteiger partial charge in [-0.05, 0) is 48.2 Å². The number of hydrogen-bond acceptors (Lipinski definition) is 6. The van der Waals surface area contributed by atoms with Crippen LogP contribution in [0.2, 0.25) is 0 Å². The largest absolute Gasteiger partial charge is 0.444 e. The summed E-state index contributed by atoms with van der Waals surface area (Å²) in [5.74, 6) is 0.558. The number of anilines is 1. The predicted molar refractivity (Wildman–Crippen MR) is 112 cm³/mol. The summed E-state index contributed by atoms with van der Waals surface area (Å²) in [5, 5.41) is 8.75. The van der Waals surface area contributed by atoms with Crippen molar-refractivity contribution in [1.82, 2.24) is 4.98 Å². The minimum atomic E-state index is -0.247. The second-order valence-electron chi connectivity index (χ2n) is 7.03. The van der Waals surface area contributed by atoms with Crippen LogP contribution >= 0.6 is 0 Å². The Hall–Kier alpha value is -3.53. The van der Waals surface area contributed by atoms with Crippen molar-refractivity contribution in [2.75, 3.05) is 11.9 Å². The van der Waals surface area contributed by atoms with E-state index in [0.29, 0.717) is 11.5 Å². The first-order valence-corrected chi connectivity index (χ1v) is 9.60. The molecule has 7 heteroatoms. The number of hydrogen-bond donors (Lipinski definition) is 0. The Labute approximate surface area is 169 Å². The highest BCUT2D eigenvalue weighted by atomic mass is 16.6. The van der Waals surface area contributed by atoms with Gasteiger partial charge in [-0.3, -0.25) is 9.89 Å². The molecule has 0 N–H and O–H groups in total. The predicted octanol–water partition coefficient (Wildman–Crippen LogP) is 4.10. The highest BCUT2D eigenvalue weighted by Crippen LogP contribution is 2.41. The maximum Gasteiger partial charge on any atom is 0.415 e. The Morgan fingerprint density at radius 1 is 1.38 bits per heavy atom. The molecule has 2 unspecified atom stereocenters. The van der Waals surface area contributed by atoms with Gasteiger partial charge < -0.3 is 4.74 Å². The van der Waals surface area contributed by atoms with Gasteiger partial charge in [-0.2, -0.15) is 5.26 Å². The molecule has 1 fully saturated rings. The van der Waals surface area contributed by atoms with Crippen LogP contribution in [0.4, 0.5) is 16.3 Å². The average Bonchev–Trinajstić information content (AvgIpc) is 3.28. The Morgan fingerprint density at radius 3 is 2.90 bits per heavy atom. The minimum Gasteiger partial charge on any atom is -0.444 e. The number of fused-ring (bicyclic) bond motifs is 3. The van der Waals surface area contributed by atoms with Gasteiger partial charge in [0, 0.05) is 18.8 Å². The molecule has 0 bridgehead atoms. The van der Waals surface area contributed by atoms with Gasteiger partial charge >= 0.3 is 6.09 Å². The van der Waals surface area contributed by atoms with Crippen LogP contribution in [0.5, 0.6) is 0 Å². The van der Waals surface area contributed by atoms with Gasteiger partial charge in [0.15, 0.2) is 5.82 Å². The molecular weight excluding hydrogens is 366 g/mol. The molecule has 1 amide bonds. The van der Waals surface area contributed by atoms with E-state index in [1.54, 1.807) is 24.4 Å². The summed E-state index contributed by atoms with van der Waals surface area (Å²) in [6.45, 7) is 2.04. The van der Waals surface area contributed by atoms with Gasteiger partial charge in [0.25, 0.3) is 0 Å². The maximum absolute atomic E-state index is 12.2. The molecule has 1 aromatic heterocycles. The van der Waals surface area contributed by atoms with E-state index in [9.17, 15) is 4.79 Å². The highest BCUT2D eigenvalue weighted by molar-refractivity contribution is 6.31. The lowest BCUT2D eigenvalue weighted by atomic mass is 10.0. The molecule has 2 aliphatic heterocycles. The van der Waals surface area contributed by atoms with Crippen molar-refractivity contribution in [1.29, 1.82) is 5.26 Å². The Balaban J connectivity index is 1.54. The molecule has 2 aliphatic rings. The molecular formula is C22H21N5O2. The number of pyridine rings is 1. The molecule has 29 heavy (non-hydrogen) atoms. The van der Waals surface area contributed by atoms with E-state index in [-0.39, 0.29) is 24.7 Å². The molecule has 0 radical (unpaired) electrons. The summed E-state index contributed by atoms with van der Waals surface area (Å²) in [6, 6.07) is 12.1. The number of ether oxygens (including phenoxy) is 1. The number of aliphatic imine (C=N–C) groups is 2. The lowest BCUT2D eigenvalue weighted by Crippen LogP contribution is -2.32. The summed E-state index contributed by atoms with van der Waals surface area (Å²) in [4.78, 5) is 26.7. The number of benzene rings is 1. The second kappa shape index (κ2) is 7.84. The van der Waals surface area contributed by atoms with Gasteiger partial charge in [-0.15, -0.1) is 0 Å². The fourth-order valence-corrected chi connectivity index (χ4v) is 3.85. The monoisotopic (exact) mass is 387 g/mol. The molecule has 2 aromatic rings. The van der Waals surface area contributed by atoms with Crippen LogP contribution in [0, 0.1) is 11.3 Å². The lowest BCUT2D eigenvalue weighted by molar-refractivity contribution is 0.129. The zero-order valence-corrected chi connectivity index (χ0v) is 16.4. The number of aromatic nitrogens is 1. The fourth-order valence-electron chi connectivity index (χ4n) is 3.85. The van der Waals surface area contributed by atoms with Gasteiger partial charge in [0.05, 0.1) is 36.1 Å². The van der Waals surface area contributed by atoms with E-state index in [4.69, 9.17) is 10.00 Å². The molecule has 3 heterocycles. The van der Waals surface area contributed by atoms with Crippen molar-refractivity contribution in [2.24, 2.45) is 9.98 Å². The number of cyclic esters (lactones) is 1. The zero-order chi connectivity index (χ0) is 20.4. The fraction of sp³-hybridized carbons (Fsp3) is 0.318. The van der Waals surface area contributed by atoms with Gasteiger partial charge in [-0.1, -0.05) is 13.0 Å². The van der Waals surface area contributed by atoms with Crippen LogP contribution in [0.25, 0.3) is 11.1 Å². The van der Waals surface area contributed by atoms with E-state index in [1.807, 2.05) is 31.2 Å². The first-order valence-electron chi connectivity index (χ1n) is 9.60. The standard InChI is InChI=1S/C22H21N5O2/c1-3-20-19-11-16-10-14(4-6-18(16)27(19)22(28)29-20)15-5-7-21(25-12-15)26-13-17(24-2)8-9-23/h4-7,10,12-13,19-20H,3,8,11H2,1-2H3. The van der Waals surface area contributed by atoms with Crippen LogP contribution in [-0.4, -0.2) is 42.2 Å². The number of amides is 1. The van der Waals surface area contributed by atoms with Crippen molar-refractivity contribution in [3.8, 4) is 17.2 Å². The molecule has 0 saturated carbocycles. The zero-order valence-electron chi connectivity index (χ0n) is 16.4. The average molecular weight is 387 g/mol. The third kappa shape index (κ3) is 3.49. The molecule has 2 atom stereocenters. The summed E-state index contributed by atoms with van der Waals surface area (Å²) in [6.07, 6.45) is 4.90. The van der Waals surface area contributed by atoms with Crippen molar-refractivity contribution >= 4 is 29.5 Å². The smallest absolute Gasteiger partial charge is 0.415 e. The molecule has 0 spiro atoms. The SMILES string of the molecule is CCC1OC(=O)N2c3ccc(-c4ccc(N=CC(CC#N)=NC)nc4)cc3CC12. The number of carbonyl (C=O) groups excluding carboxylic acids is 1. The number of rotatable bonds is 5. The van der Waals surface area contributed by atoms with Crippen LogP contribution in [0.15, 0.2) is 46.5 Å². The first kappa shape index (κ1) is 18.8. The lowest BCUT2D eigenvalue weighted by Gasteiger charge is -2.15. The van der Waals surface area contributed by atoms with Crippen LogP contribution in [-0.2, 0) is 11.2 Å². The minimum absolute atomic E-state index is 0.0465. The Morgan fingerprint density at radius 2 is 2.21 bits per heavy atom. The number of carbonyl (C=O) groups is 1. The Bertz CT molecular complexity index is 1040. The van der Waals surface area contributed by atoms with E-state index in [1.165, 1.54) is 0 Å². The first-order chi connectivity index (χ1) is 14.1. The molecule has 0 aliphatic carbocycles. The molecule has 4 rings (SSSR count). The van der Waals surface area contributed by atoms with E-state index < -0.39 is 0 Å². The van der Waals surface area contributed by atoms with E-state index >= 15 is 0 Å². The summed E-state index contributed by atoms with van der Waals surface area (Å²) in [7, 11) is 1.64. The topological polar surface area (TPSA) is 90.9 Å².